The second-order valence-electron chi connectivity index (χ2n) is 6.60. The Hall–Kier alpha value is -3.99. The monoisotopic (exact) mass is 477 g/mol. The fourth-order valence-corrected chi connectivity index (χ4v) is 2.63. The number of ether oxygens (including phenoxy) is 3. The lowest BCUT2D eigenvalue weighted by Crippen LogP contribution is -2.52. The molecule has 0 saturated heterocycles. The molecule has 11 heteroatoms. The smallest absolute Gasteiger partial charge is 0.359 e. The van der Waals surface area contributed by atoms with E-state index in [1.807, 2.05) is 0 Å². The van der Waals surface area contributed by atoms with Gasteiger partial charge in [0, 0.05) is 0 Å². The standard InChI is InChI=1S/C15H15FN2O5.C8H10FNO/c1-2-22-15(21)12-13(14(19)20)18(9-17-12)7-8-23-11-5-3-10(16)4-6-11;9-7-1-3-8(4-2-7)11-6-5-10/h3-6,9H,2,7-8H2,1H3,(H,19,20);1-4H,5-6,10H2. The number of halogens is 2. The molecule has 0 spiro atoms. The lowest BCUT2D eigenvalue weighted by Gasteiger charge is -2.11. The molecule has 0 fully saturated rings. The third-order valence-corrected chi connectivity index (χ3v) is 4.14. The molecule has 2 aromatic carbocycles. The molecule has 0 aliphatic carbocycles. The van der Waals surface area contributed by atoms with Gasteiger partial charge in [-0.05, 0) is 55.5 Å². The third-order valence-electron chi connectivity index (χ3n) is 4.14. The second kappa shape index (κ2) is 13.5. The van der Waals surface area contributed by atoms with Gasteiger partial charge in [-0.3, -0.25) is 0 Å². The molecule has 0 bridgehead atoms. The molecule has 1 aromatic heterocycles. The van der Waals surface area contributed by atoms with E-state index < -0.39 is 11.9 Å². The van der Waals surface area contributed by atoms with Gasteiger partial charge in [-0.15, -0.1) is 0 Å². The molecule has 0 aliphatic heterocycles. The van der Waals surface area contributed by atoms with E-state index in [-0.39, 0.29) is 42.8 Å². The van der Waals surface area contributed by atoms with Gasteiger partial charge in [0.25, 0.3) is 0 Å². The van der Waals surface area contributed by atoms with Gasteiger partial charge in [-0.25, -0.2) is 18.6 Å². The van der Waals surface area contributed by atoms with E-state index >= 15 is 0 Å². The molecule has 3 N–H and O–H groups in total. The highest BCUT2D eigenvalue weighted by Gasteiger charge is 2.20. The first-order valence-corrected chi connectivity index (χ1v) is 10.3. The summed E-state index contributed by atoms with van der Waals surface area (Å²) in [7, 11) is 0. The van der Waals surface area contributed by atoms with Gasteiger partial charge in [0.2, 0.25) is 0 Å². The lowest BCUT2D eigenvalue weighted by molar-refractivity contribution is -0.370. The molecule has 0 amide bonds. The van der Waals surface area contributed by atoms with E-state index in [1.165, 1.54) is 47.3 Å². The number of benzene rings is 2. The molecule has 3 rings (SSSR count). The van der Waals surface area contributed by atoms with E-state index in [0.717, 1.165) is 6.54 Å². The number of aromatic nitrogens is 2. The van der Waals surface area contributed by atoms with Gasteiger partial charge in [0.15, 0.2) is 5.69 Å². The van der Waals surface area contributed by atoms with Crippen molar-refractivity contribution in [2.24, 2.45) is 0 Å². The van der Waals surface area contributed by atoms with Gasteiger partial charge in [0.05, 0.1) is 31.1 Å². The maximum Gasteiger partial charge on any atom is 0.359 e. The predicted octanol–water partition coefficient (Wildman–Crippen LogP) is 1.09. The fourth-order valence-electron chi connectivity index (χ4n) is 2.63. The first-order chi connectivity index (χ1) is 16.3. The Balaban J connectivity index is 0.000000310. The van der Waals surface area contributed by atoms with E-state index in [2.05, 4.69) is 10.7 Å². The molecule has 34 heavy (non-hydrogen) atoms. The number of carbonyl (C=O) groups excluding carboxylic acids is 2. The van der Waals surface area contributed by atoms with Gasteiger partial charge >= 0.3 is 5.97 Å². The van der Waals surface area contributed by atoms with Gasteiger partial charge in [0.1, 0.15) is 42.9 Å². The molecular formula is C23H25F2N3O6. The van der Waals surface area contributed by atoms with Crippen LogP contribution < -0.4 is 20.3 Å². The predicted molar refractivity (Wildman–Crippen MR) is 114 cm³/mol. The Morgan fingerprint density at radius 3 is 1.97 bits per heavy atom. The second-order valence-corrected chi connectivity index (χ2v) is 6.60. The van der Waals surface area contributed by atoms with Crippen LogP contribution in [0.2, 0.25) is 0 Å². The highest BCUT2D eigenvalue weighted by Crippen LogP contribution is 2.13. The Morgan fingerprint density at radius 1 is 0.971 bits per heavy atom. The zero-order valence-electron chi connectivity index (χ0n) is 18.5. The van der Waals surface area contributed by atoms with Crippen molar-refractivity contribution in [3.63, 3.8) is 0 Å². The number of hydrogen-bond donors (Lipinski definition) is 1. The van der Waals surface area contributed by atoms with Crippen molar-refractivity contribution < 1.29 is 43.4 Å². The van der Waals surface area contributed by atoms with Crippen molar-refractivity contribution in [3.05, 3.63) is 77.9 Å². The van der Waals surface area contributed by atoms with Crippen LogP contribution in [0.4, 0.5) is 8.78 Å². The number of carbonyl (C=O) groups is 2. The quantitative estimate of drug-likeness (QED) is 0.433. The Labute approximate surface area is 194 Å². The summed E-state index contributed by atoms with van der Waals surface area (Å²) in [4.78, 5) is 26.6. The summed E-state index contributed by atoms with van der Waals surface area (Å²) in [6.07, 6.45) is 1.20. The van der Waals surface area contributed by atoms with E-state index in [4.69, 9.17) is 14.2 Å². The maximum absolute atomic E-state index is 12.8. The molecule has 9 nitrogen and oxygen atoms in total. The van der Waals surface area contributed by atoms with Crippen LogP contribution in [0.25, 0.3) is 0 Å². The number of aromatic carboxylic acids is 1. The van der Waals surface area contributed by atoms with Crippen LogP contribution in [0.5, 0.6) is 11.5 Å². The third kappa shape index (κ3) is 8.17. The van der Waals surface area contributed by atoms with Crippen LogP contribution in [0.3, 0.4) is 0 Å². The summed E-state index contributed by atoms with van der Waals surface area (Å²) in [6, 6.07) is 11.3. The van der Waals surface area contributed by atoms with Crippen molar-refractivity contribution in [1.82, 2.24) is 9.55 Å². The number of carboxylic acid groups (broad SMARTS) is 1. The topological polar surface area (TPSA) is 130 Å². The SMILES string of the molecule is CCOC(=O)c1ncn(CCOc2ccc(F)cc2)c1C(=O)[O-].[NH3+]CCOc1ccc(F)cc1. The van der Waals surface area contributed by atoms with Crippen molar-refractivity contribution in [2.75, 3.05) is 26.4 Å². The fraction of sp³-hybridized carbons (Fsp3) is 0.261. The zero-order chi connectivity index (χ0) is 24.9. The Bertz CT molecular complexity index is 1060. The number of carboxylic acids is 1. The molecule has 182 valence electrons. The van der Waals surface area contributed by atoms with E-state index in [9.17, 15) is 23.5 Å². The molecule has 0 unspecified atom stereocenters. The molecule has 0 radical (unpaired) electrons. The van der Waals surface area contributed by atoms with Crippen LogP contribution >= 0.6 is 0 Å². The molecule has 0 atom stereocenters. The average molecular weight is 477 g/mol. The van der Waals surface area contributed by atoms with Crippen LogP contribution in [0, 0.1) is 11.6 Å². The number of hydrogen-bond acceptors (Lipinski definition) is 7. The van der Waals surface area contributed by atoms with Crippen LogP contribution in [-0.2, 0) is 11.3 Å². The molecule has 0 aliphatic rings. The van der Waals surface area contributed by atoms with Gasteiger partial charge in [-0.2, -0.15) is 0 Å². The Kier molecular flexibility index (Phi) is 10.5. The molecule has 0 saturated carbocycles. The maximum atomic E-state index is 12.8. The summed E-state index contributed by atoms with van der Waals surface area (Å²) < 4.78 is 41.6. The van der Waals surface area contributed by atoms with E-state index in [0.29, 0.717) is 18.1 Å². The largest absolute Gasteiger partial charge is 0.543 e. The minimum atomic E-state index is -1.53. The normalized spacial score (nSPS) is 10.1. The summed E-state index contributed by atoms with van der Waals surface area (Å²) >= 11 is 0. The highest BCUT2D eigenvalue weighted by molar-refractivity contribution is 5.99. The first-order valence-electron chi connectivity index (χ1n) is 10.3. The first kappa shape index (κ1) is 26.3. The van der Waals surface area contributed by atoms with Gasteiger partial charge < -0.3 is 34.4 Å². The Morgan fingerprint density at radius 2 is 1.50 bits per heavy atom. The van der Waals surface area contributed by atoms with Gasteiger partial charge in [-0.1, -0.05) is 0 Å². The summed E-state index contributed by atoms with van der Waals surface area (Å²) in [5.41, 5.74) is 2.94. The summed E-state index contributed by atoms with van der Waals surface area (Å²) in [5.74, 6) is -1.86. The number of esters is 1. The van der Waals surface area contributed by atoms with Crippen molar-refractivity contribution in [1.29, 1.82) is 0 Å². The summed E-state index contributed by atoms with van der Waals surface area (Å²) in [6.45, 7) is 3.22. The highest BCUT2D eigenvalue weighted by atomic mass is 19.1. The summed E-state index contributed by atoms with van der Waals surface area (Å²) in [5, 5.41) is 11.2. The van der Waals surface area contributed by atoms with Crippen LogP contribution in [0.15, 0.2) is 54.9 Å². The molecule has 1 heterocycles. The number of rotatable bonds is 10. The number of imidazole rings is 1. The minimum Gasteiger partial charge on any atom is -0.543 e. The van der Waals surface area contributed by atoms with Crippen LogP contribution in [0.1, 0.15) is 27.9 Å². The lowest BCUT2D eigenvalue weighted by atomic mass is 10.3. The zero-order valence-corrected chi connectivity index (χ0v) is 18.5. The molecular weight excluding hydrogens is 452 g/mol. The molecule has 3 aromatic rings. The van der Waals surface area contributed by atoms with E-state index in [1.54, 1.807) is 19.1 Å². The average Bonchev–Trinajstić information content (AvgIpc) is 3.25. The minimum absolute atomic E-state index is 0.102. The number of nitrogens with zero attached hydrogens (tertiary/aromatic N) is 2. The van der Waals surface area contributed by atoms with Crippen LogP contribution in [-0.4, -0.2) is 47.9 Å². The van der Waals surface area contributed by atoms with Crippen molar-refractivity contribution in [3.8, 4) is 11.5 Å². The number of quaternary nitrogens is 1. The van der Waals surface area contributed by atoms with Crippen molar-refractivity contribution >= 4 is 11.9 Å². The van der Waals surface area contributed by atoms with Crippen molar-refractivity contribution in [2.45, 2.75) is 13.5 Å².